The first-order valence-corrected chi connectivity index (χ1v) is 8.75. The van der Waals surface area contributed by atoms with Crippen LogP contribution < -0.4 is 10.2 Å². The summed E-state index contributed by atoms with van der Waals surface area (Å²) in [7, 11) is 0. The topological polar surface area (TPSA) is 59.7 Å². The normalized spacial score (nSPS) is 11.0. The van der Waals surface area contributed by atoms with Crippen molar-refractivity contribution in [2.75, 3.05) is 0 Å². The number of halogens is 1. The molecule has 0 unspecified atom stereocenters. The van der Waals surface area contributed by atoms with Crippen molar-refractivity contribution in [2.45, 2.75) is 32.6 Å². The molecule has 1 aromatic heterocycles. The third kappa shape index (κ3) is 3.35. The quantitative estimate of drug-likeness (QED) is 0.640. The first-order chi connectivity index (χ1) is 12.1. The van der Waals surface area contributed by atoms with Crippen LogP contribution in [0.5, 0.6) is 17.2 Å². The van der Waals surface area contributed by atoms with Gasteiger partial charge in [0.05, 0.1) is 11.3 Å². The highest BCUT2D eigenvalue weighted by Crippen LogP contribution is 2.30. The number of aryl methyl sites for hydroxylation is 2. The molecule has 0 bridgehead atoms. The van der Waals surface area contributed by atoms with Crippen LogP contribution in [0.1, 0.15) is 30.7 Å². The maximum atomic E-state index is 12.9. The van der Waals surface area contributed by atoms with Crippen molar-refractivity contribution in [2.24, 2.45) is 0 Å². The molecule has 1 heterocycles. The summed E-state index contributed by atoms with van der Waals surface area (Å²) < 4.78 is 11.5. The second kappa shape index (κ2) is 7.19. The van der Waals surface area contributed by atoms with Gasteiger partial charge in [-0.15, -0.1) is 11.6 Å². The van der Waals surface area contributed by atoms with Gasteiger partial charge >= 0.3 is 0 Å². The molecule has 3 aromatic rings. The van der Waals surface area contributed by atoms with E-state index in [1.54, 1.807) is 6.07 Å². The number of alkyl halides is 1. The van der Waals surface area contributed by atoms with Gasteiger partial charge in [-0.25, -0.2) is 0 Å². The van der Waals surface area contributed by atoms with Crippen LogP contribution in [0.25, 0.3) is 11.0 Å². The molecular formula is C20H19ClO4. The van der Waals surface area contributed by atoms with Crippen molar-refractivity contribution in [1.29, 1.82) is 0 Å². The number of phenols is 1. The number of aromatic hydroxyl groups is 1. The zero-order valence-corrected chi connectivity index (χ0v) is 14.9. The Labute approximate surface area is 150 Å². The number of ether oxygens (including phenoxy) is 1. The molecular weight excluding hydrogens is 340 g/mol. The Morgan fingerprint density at radius 3 is 2.44 bits per heavy atom. The van der Waals surface area contributed by atoms with Crippen LogP contribution in [0.2, 0.25) is 0 Å². The largest absolute Gasteiger partial charge is 0.508 e. The molecule has 0 spiro atoms. The van der Waals surface area contributed by atoms with Gasteiger partial charge in [0.15, 0.2) is 5.76 Å². The van der Waals surface area contributed by atoms with Gasteiger partial charge in [-0.05, 0) is 42.2 Å². The summed E-state index contributed by atoms with van der Waals surface area (Å²) in [5.41, 5.74) is 1.85. The highest BCUT2D eigenvalue weighted by atomic mass is 35.5. The summed E-state index contributed by atoms with van der Waals surface area (Å²) in [6.07, 6.45) is 1.53. The van der Waals surface area contributed by atoms with Gasteiger partial charge in [-0.1, -0.05) is 26.0 Å². The Balaban J connectivity index is 2.13. The first kappa shape index (κ1) is 17.4. The summed E-state index contributed by atoms with van der Waals surface area (Å²) in [6, 6.07) is 10.6. The molecule has 0 saturated heterocycles. The van der Waals surface area contributed by atoms with Crippen LogP contribution in [-0.2, 0) is 18.7 Å². The fourth-order valence-corrected chi connectivity index (χ4v) is 2.87. The van der Waals surface area contributed by atoms with Crippen LogP contribution in [-0.4, -0.2) is 5.11 Å². The lowest BCUT2D eigenvalue weighted by molar-refractivity contribution is 0.432. The SMILES string of the molecule is CCc1ccc(Oc2c(CCl)oc3cc(O)c(CC)cc3c2=O)cc1. The van der Waals surface area contributed by atoms with Crippen molar-refractivity contribution in [3.8, 4) is 17.2 Å². The molecule has 130 valence electrons. The minimum atomic E-state index is -0.300. The predicted octanol–water partition coefficient (Wildman–Crippen LogP) is 5.15. The molecule has 0 fully saturated rings. The summed E-state index contributed by atoms with van der Waals surface area (Å²) in [6.45, 7) is 3.97. The number of fused-ring (bicyclic) bond motifs is 1. The molecule has 25 heavy (non-hydrogen) atoms. The standard InChI is InChI=1S/C20H19ClO4/c1-3-12-5-7-14(8-6-12)24-20-18(11-21)25-17-10-16(22)13(4-2)9-15(17)19(20)23/h5-10,22H,3-4,11H2,1-2H3. The van der Waals surface area contributed by atoms with E-state index in [4.69, 9.17) is 20.8 Å². The van der Waals surface area contributed by atoms with Gasteiger partial charge in [-0.2, -0.15) is 0 Å². The van der Waals surface area contributed by atoms with E-state index in [0.717, 1.165) is 6.42 Å². The molecule has 0 atom stereocenters. The van der Waals surface area contributed by atoms with Gasteiger partial charge in [0.1, 0.15) is 17.1 Å². The molecule has 0 radical (unpaired) electrons. The maximum absolute atomic E-state index is 12.9. The summed E-state index contributed by atoms with van der Waals surface area (Å²) in [5, 5.41) is 10.4. The summed E-state index contributed by atoms with van der Waals surface area (Å²) in [5.74, 6) is 0.957. The Bertz CT molecular complexity index is 958. The van der Waals surface area contributed by atoms with E-state index < -0.39 is 0 Å². The van der Waals surface area contributed by atoms with Crippen LogP contribution in [0.4, 0.5) is 0 Å². The third-order valence-electron chi connectivity index (χ3n) is 4.17. The van der Waals surface area contributed by atoms with Gasteiger partial charge < -0.3 is 14.3 Å². The summed E-state index contributed by atoms with van der Waals surface area (Å²) in [4.78, 5) is 12.9. The van der Waals surface area contributed by atoms with Gasteiger partial charge in [0.25, 0.3) is 0 Å². The van der Waals surface area contributed by atoms with E-state index in [9.17, 15) is 9.90 Å². The number of hydrogen-bond acceptors (Lipinski definition) is 4. The smallest absolute Gasteiger partial charge is 0.235 e. The fraction of sp³-hybridized carbons (Fsp3) is 0.250. The van der Waals surface area contributed by atoms with Gasteiger partial charge in [0.2, 0.25) is 11.2 Å². The van der Waals surface area contributed by atoms with E-state index in [2.05, 4.69) is 6.92 Å². The van der Waals surface area contributed by atoms with Crippen molar-refractivity contribution in [1.82, 2.24) is 0 Å². The van der Waals surface area contributed by atoms with E-state index in [0.29, 0.717) is 28.7 Å². The van der Waals surface area contributed by atoms with Gasteiger partial charge in [-0.3, -0.25) is 4.79 Å². The van der Waals surface area contributed by atoms with Crippen LogP contribution >= 0.6 is 11.6 Å². The van der Waals surface area contributed by atoms with E-state index in [-0.39, 0.29) is 28.6 Å². The average Bonchev–Trinajstić information content (AvgIpc) is 2.64. The van der Waals surface area contributed by atoms with Crippen LogP contribution in [0, 0.1) is 0 Å². The van der Waals surface area contributed by atoms with E-state index in [1.807, 2.05) is 31.2 Å². The molecule has 2 aromatic carbocycles. The van der Waals surface area contributed by atoms with Crippen molar-refractivity contribution >= 4 is 22.6 Å². The van der Waals surface area contributed by atoms with Crippen molar-refractivity contribution < 1.29 is 14.3 Å². The zero-order chi connectivity index (χ0) is 18.0. The third-order valence-corrected chi connectivity index (χ3v) is 4.41. The minimum absolute atomic E-state index is 0.0101. The van der Waals surface area contributed by atoms with E-state index >= 15 is 0 Å². The van der Waals surface area contributed by atoms with Gasteiger partial charge in [0, 0.05) is 6.07 Å². The highest BCUT2D eigenvalue weighted by Gasteiger charge is 2.18. The first-order valence-electron chi connectivity index (χ1n) is 8.21. The maximum Gasteiger partial charge on any atom is 0.235 e. The monoisotopic (exact) mass is 358 g/mol. The molecule has 4 nitrogen and oxygen atoms in total. The second-order valence-corrected chi connectivity index (χ2v) is 6.01. The molecule has 1 N–H and O–H groups in total. The second-order valence-electron chi connectivity index (χ2n) is 5.75. The number of phenolic OH excluding ortho intramolecular Hbond substituents is 1. The average molecular weight is 359 g/mol. The number of hydrogen-bond donors (Lipinski definition) is 1. The molecule has 0 saturated carbocycles. The lowest BCUT2D eigenvalue weighted by Gasteiger charge is -2.11. The lowest BCUT2D eigenvalue weighted by atomic mass is 10.1. The molecule has 3 rings (SSSR count). The Hall–Kier alpha value is -2.46. The van der Waals surface area contributed by atoms with Crippen molar-refractivity contribution in [3.63, 3.8) is 0 Å². The van der Waals surface area contributed by atoms with E-state index in [1.165, 1.54) is 11.6 Å². The summed E-state index contributed by atoms with van der Waals surface area (Å²) >= 11 is 5.94. The molecule has 0 aliphatic carbocycles. The lowest BCUT2D eigenvalue weighted by Crippen LogP contribution is -2.09. The van der Waals surface area contributed by atoms with Crippen LogP contribution in [0.3, 0.4) is 0 Å². The highest BCUT2D eigenvalue weighted by molar-refractivity contribution is 6.17. The minimum Gasteiger partial charge on any atom is -0.508 e. The van der Waals surface area contributed by atoms with Crippen molar-refractivity contribution in [3.05, 3.63) is 63.5 Å². The van der Waals surface area contributed by atoms with Crippen LogP contribution in [0.15, 0.2) is 45.6 Å². The number of benzene rings is 2. The fourth-order valence-electron chi connectivity index (χ4n) is 2.69. The number of rotatable bonds is 5. The Morgan fingerprint density at radius 1 is 1.12 bits per heavy atom. The Kier molecular flexibility index (Phi) is 5.00. The molecule has 5 heteroatoms. The Morgan fingerprint density at radius 2 is 1.84 bits per heavy atom. The molecule has 0 aliphatic heterocycles. The zero-order valence-electron chi connectivity index (χ0n) is 14.1. The molecule has 0 aliphatic rings. The predicted molar refractivity (Wildman–Crippen MR) is 99.0 cm³/mol. The molecule has 0 amide bonds.